The van der Waals surface area contributed by atoms with Crippen LogP contribution in [0.5, 0.6) is 5.75 Å². The topological polar surface area (TPSA) is 55.4 Å². The Kier molecular flexibility index (Phi) is 4.69. The second-order valence-electron chi connectivity index (χ2n) is 4.03. The van der Waals surface area contributed by atoms with Gasteiger partial charge in [-0.2, -0.15) is 0 Å². The molecule has 0 aromatic heterocycles. The SMILES string of the molecule is COc1cccc(C(=O)CNC(=O)C(C)C)c1. The van der Waals surface area contributed by atoms with Gasteiger partial charge in [0.25, 0.3) is 0 Å². The van der Waals surface area contributed by atoms with Crippen LogP contribution in [0.15, 0.2) is 24.3 Å². The smallest absolute Gasteiger partial charge is 0.222 e. The molecular weight excluding hydrogens is 218 g/mol. The molecule has 0 radical (unpaired) electrons. The Hall–Kier alpha value is -1.84. The van der Waals surface area contributed by atoms with E-state index in [0.29, 0.717) is 11.3 Å². The maximum Gasteiger partial charge on any atom is 0.222 e. The number of hydrogen-bond acceptors (Lipinski definition) is 3. The van der Waals surface area contributed by atoms with Crippen LogP contribution in [0.1, 0.15) is 24.2 Å². The lowest BCUT2D eigenvalue weighted by molar-refractivity contribution is -0.123. The Balaban J connectivity index is 2.61. The Morgan fingerprint density at radius 3 is 2.65 bits per heavy atom. The van der Waals surface area contributed by atoms with Crippen molar-refractivity contribution in [2.45, 2.75) is 13.8 Å². The average molecular weight is 235 g/mol. The van der Waals surface area contributed by atoms with Crippen LogP contribution in [-0.2, 0) is 4.79 Å². The first-order valence-electron chi connectivity index (χ1n) is 5.49. The van der Waals surface area contributed by atoms with E-state index in [1.807, 2.05) is 0 Å². The van der Waals surface area contributed by atoms with Crippen molar-refractivity contribution in [2.24, 2.45) is 5.92 Å². The molecule has 1 rings (SSSR count). The van der Waals surface area contributed by atoms with Crippen LogP contribution in [0.2, 0.25) is 0 Å². The third-order valence-corrected chi connectivity index (χ3v) is 2.34. The van der Waals surface area contributed by atoms with Gasteiger partial charge in [0.05, 0.1) is 13.7 Å². The number of ether oxygens (including phenoxy) is 1. The Morgan fingerprint density at radius 2 is 2.06 bits per heavy atom. The zero-order valence-electron chi connectivity index (χ0n) is 10.3. The molecule has 92 valence electrons. The Morgan fingerprint density at radius 1 is 1.35 bits per heavy atom. The molecule has 0 aliphatic carbocycles. The van der Waals surface area contributed by atoms with Crippen molar-refractivity contribution in [3.8, 4) is 5.75 Å². The van der Waals surface area contributed by atoms with E-state index in [-0.39, 0.29) is 24.2 Å². The molecule has 0 aliphatic heterocycles. The molecule has 0 aliphatic rings. The van der Waals surface area contributed by atoms with Gasteiger partial charge >= 0.3 is 0 Å². The molecule has 1 aromatic rings. The van der Waals surface area contributed by atoms with E-state index >= 15 is 0 Å². The summed E-state index contributed by atoms with van der Waals surface area (Å²) >= 11 is 0. The van der Waals surface area contributed by atoms with Crippen molar-refractivity contribution in [3.05, 3.63) is 29.8 Å². The average Bonchev–Trinajstić information content (AvgIpc) is 2.35. The number of hydrogen-bond donors (Lipinski definition) is 1. The third-order valence-electron chi connectivity index (χ3n) is 2.34. The normalized spacial score (nSPS) is 10.1. The molecule has 0 saturated carbocycles. The zero-order valence-corrected chi connectivity index (χ0v) is 10.3. The van der Waals surface area contributed by atoms with Crippen molar-refractivity contribution in [1.29, 1.82) is 0 Å². The van der Waals surface area contributed by atoms with E-state index < -0.39 is 0 Å². The fraction of sp³-hybridized carbons (Fsp3) is 0.385. The highest BCUT2D eigenvalue weighted by molar-refractivity contribution is 5.99. The quantitative estimate of drug-likeness (QED) is 0.789. The lowest BCUT2D eigenvalue weighted by atomic mass is 10.1. The van der Waals surface area contributed by atoms with Crippen LogP contribution in [0.4, 0.5) is 0 Å². The zero-order chi connectivity index (χ0) is 12.8. The van der Waals surface area contributed by atoms with E-state index in [0.717, 1.165) is 0 Å². The number of benzene rings is 1. The molecule has 0 heterocycles. The maximum absolute atomic E-state index is 11.8. The van der Waals surface area contributed by atoms with Gasteiger partial charge in [0.15, 0.2) is 5.78 Å². The molecule has 0 bridgehead atoms. The molecule has 17 heavy (non-hydrogen) atoms. The number of ketones is 1. The lowest BCUT2D eigenvalue weighted by Gasteiger charge is -2.07. The maximum atomic E-state index is 11.8. The van der Waals surface area contributed by atoms with Crippen LogP contribution >= 0.6 is 0 Å². The molecule has 0 fully saturated rings. The van der Waals surface area contributed by atoms with Gasteiger partial charge in [-0.15, -0.1) is 0 Å². The highest BCUT2D eigenvalue weighted by atomic mass is 16.5. The number of Topliss-reactive ketones (excluding diaryl/α,β-unsaturated/α-hetero) is 1. The minimum atomic E-state index is -0.127. The number of carbonyl (C=O) groups excluding carboxylic acids is 2. The predicted octanol–water partition coefficient (Wildman–Crippen LogP) is 1.65. The molecular formula is C13H17NO3. The van der Waals surface area contributed by atoms with Crippen molar-refractivity contribution in [2.75, 3.05) is 13.7 Å². The number of amides is 1. The van der Waals surface area contributed by atoms with Crippen LogP contribution in [0, 0.1) is 5.92 Å². The largest absolute Gasteiger partial charge is 0.497 e. The van der Waals surface area contributed by atoms with Gasteiger partial charge in [0, 0.05) is 11.5 Å². The number of carbonyl (C=O) groups is 2. The summed E-state index contributed by atoms with van der Waals surface area (Å²) in [5.74, 6) is 0.262. The van der Waals surface area contributed by atoms with Gasteiger partial charge in [-0.1, -0.05) is 26.0 Å². The van der Waals surface area contributed by atoms with E-state index in [1.165, 1.54) is 0 Å². The lowest BCUT2D eigenvalue weighted by Crippen LogP contribution is -2.32. The Labute approximate surface area is 101 Å². The standard InChI is InChI=1S/C13H17NO3/c1-9(2)13(16)14-8-12(15)10-5-4-6-11(7-10)17-3/h4-7,9H,8H2,1-3H3,(H,14,16). The first kappa shape index (κ1) is 13.2. The molecule has 1 amide bonds. The number of nitrogens with one attached hydrogen (secondary N) is 1. The number of methoxy groups -OCH3 is 1. The molecule has 0 spiro atoms. The summed E-state index contributed by atoms with van der Waals surface area (Å²) in [5, 5.41) is 2.59. The minimum Gasteiger partial charge on any atom is -0.497 e. The molecule has 1 N–H and O–H groups in total. The van der Waals surface area contributed by atoms with E-state index in [9.17, 15) is 9.59 Å². The first-order chi connectivity index (χ1) is 8.04. The molecule has 0 unspecified atom stereocenters. The summed E-state index contributed by atoms with van der Waals surface area (Å²) < 4.78 is 5.03. The van der Waals surface area contributed by atoms with Crippen molar-refractivity contribution in [1.82, 2.24) is 5.32 Å². The van der Waals surface area contributed by atoms with Gasteiger partial charge < -0.3 is 10.1 Å². The van der Waals surface area contributed by atoms with Gasteiger partial charge in [-0.25, -0.2) is 0 Å². The van der Waals surface area contributed by atoms with Gasteiger partial charge in [-0.3, -0.25) is 9.59 Å². The van der Waals surface area contributed by atoms with E-state index in [4.69, 9.17) is 4.74 Å². The fourth-order valence-electron chi connectivity index (χ4n) is 1.27. The summed E-state index contributed by atoms with van der Waals surface area (Å²) in [5.41, 5.74) is 0.536. The van der Waals surface area contributed by atoms with Crippen LogP contribution < -0.4 is 10.1 Å². The van der Waals surface area contributed by atoms with Crippen LogP contribution in [-0.4, -0.2) is 25.3 Å². The van der Waals surface area contributed by atoms with Gasteiger partial charge in [-0.05, 0) is 12.1 Å². The molecule has 1 aromatic carbocycles. The monoisotopic (exact) mass is 235 g/mol. The summed E-state index contributed by atoms with van der Waals surface area (Å²) in [7, 11) is 1.55. The highest BCUT2D eigenvalue weighted by Gasteiger charge is 2.10. The van der Waals surface area contributed by atoms with Crippen molar-refractivity contribution in [3.63, 3.8) is 0 Å². The van der Waals surface area contributed by atoms with Crippen molar-refractivity contribution < 1.29 is 14.3 Å². The van der Waals surface area contributed by atoms with Crippen LogP contribution in [0.25, 0.3) is 0 Å². The summed E-state index contributed by atoms with van der Waals surface area (Å²) in [4.78, 5) is 23.1. The fourth-order valence-corrected chi connectivity index (χ4v) is 1.27. The van der Waals surface area contributed by atoms with E-state index in [1.54, 1.807) is 45.2 Å². The predicted molar refractivity (Wildman–Crippen MR) is 65.2 cm³/mol. The Bertz CT molecular complexity index is 413. The second-order valence-corrected chi connectivity index (χ2v) is 4.03. The first-order valence-corrected chi connectivity index (χ1v) is 5.49. The van der Waals surface area contributed by atoms with E-state index in [2.05, 4.69) is 5.32 Å². The highest BCUT2D eigenvalue weighted by Crippen LogP contribution is 2.12. The number of rotatable bonds is 5. The molecule has 4 nitrogen and oxygen atoms in total. The molecule has 4 heteroatoms. The summed E-state index contributed by atoms with van der Waals surface area (Å²) in [6.07, 6.45) is 0. The third kappa shape index (κ3) is 3.90. The van der Waals surface area contributed by atoms with Gasteiger partial charge in [0.1, 0.15) is 5.75 Å². The molecule has 0 saturated heterocycles. The minimum absolute atomic E-state index is 0.0180. The second kappa shape index (κ2) is 6.03. The summed E-state index contributed by atoms with van der Waals surface area (Å²) in [6.45, 7) is 3.58. The van der Waals surface area contributed by atoms with Crippen LogP contribution in [0.3, 0.4) is 0 Å². The van der Waals surface area contributed by atoms with Crippen molar-refractivity contribution >= 4 is 11.7 Å². The molecule has 0 atom stereocenters. The summed E-state index contributed by atoms with van der Waals surface area (Å²) in [6, 6.07) is 6.87. The van der Waals surface area contributed by atoms with Gasteiger partial charge in [0.2, 0.25) is 5.91 Å².